The van der Waals surface area contributed by atoms with Gasteiger partial charge in [0.1, 0.15) is 18.0 Å². The third kappa shape index (κ3) is 4.48. The highest BCUT2D eigenvalue weighted by molar-refractivity contribution is 7.20. The van der Waals surface area contributed by atoms with Gasteiger partial charge in [-0.05, 0) is 67.9 Å². The molecule has 0 bridgehead atoms. The molecule has 0 unspecified atom stereocenters. The first-order valence-electron chi connectivity index (χ1n) is 11.4. The zero-order chi connectivity index (χ0) is 23.8. The second-order valence-corrected chi connectivity index (χ2v) is 9.60. The van der Waals surface area contributed by atoms with Gasteiger partial charge in [0.25, 0.3) is 0 Å². The number of benzene rings is 2. The van der Waals surface area contributed by atoms with Crippen molar-refractivity contribution in [3.63, 3.8) is 0 Å². The number of fused-ring (bicyclic) bond motifs is 2. The number of nitrogens with one attached hydrogen (secondary N) is 2. The van der Waals surface area contributed by atoms with Gasteiger partial charge in [0, 0.05) is 28.4 Å². The largest absolute Gasteiger partial charge is 0.343 e. The van der Waals surface area contributed by atoms with Crippen molar-refractivity contribution in [1.29, 1.82) is 0 Å². The molecule has 5 nitrogen and oxygen atoms in total. The highest BCUT2D eigenvalue weighted by atomic mass is 32.1. The van der Waals surface area contributed by atoms with E-state index in [0.717, 1.165) is 62.6 Å². The number of rotatable bonds is 4. The summed E-state index contributed by atoms with van der Waals surface area (Å²) in [5, 5.41) is 7.78. The van der Waals surface area contributed by atoms with Gasteiger partial charge in [-0.25, -0.2) is 18.7 Å². The Morgan fingerprint density at radius 2 is 2.06 bits per heavy atom. The van der Waals surface area contributed by atoms with Crippen molar-refractivity contribution in [3.8, 4) is 11.8 Å². The van der Waals surface area contributed by atoms with Gasteiger partial charge in [0.2, 0.25) is 0 Å². The normalized spacial score (nSPS) is 15.4. The molecule has 1 atom stereocenters. The van der Waals surface area contributed by atoms with Crippen LogP contribution in [0.3, 0.4) is 0 Å². The monoisotopic (exact) mass is 485 g/mol. The van der Waals surface area contributed by atoms with E-state index in [0.29, 0.717) is 5.56 Å². The quantitative estimate of drug-likeness (QED) is 0.315. The summed E-state index contributed by atoms with van der Waals surface area (Å²) in [6, 6.07) is 13.7. The Labute approximate surface area is 204 Å². The summed E-state index contributed by atoms with van der Waals surface area (Å²) in [4.78, 5) is 9.83. The van der Waals surface area contributed by atoms with Crippen molar-refractivity contribution in [2.45, 2.75) is 25.4 Å². The Kier molecular flexibility index (Phi) is 5.64. The highest BCUT2D eigenvalue weighted by Crippen LogP contribution is 2.31. The Morgan fingerprint density at radius 1 is 1.11 bits per heavy atom. The fourth-order valence-corrected chi connectivity index (χ4v) is 5.29. The minimum Gasteiger partial charge on any atom is -0.343 e. The lowest BCUT2D eigenvalue weighted by atomic mass is 10.2. The molecule has 4 heterocycles. The van der Waals surface area contributed by atoms with E-state index in [-0.39, 0.29) is 12.6 Å². The molecule has 0 amide bonds. The molecule has 6 rings (SSSR count). The maximum absolute atomic E-state index is 14.1. The van der Waals surface area contributed by atoms with Crippen LogP contribution < -0.4 is 10.6 Å². The molecule has 5 aromatic rings. The lowest BCUT2D eigenvalue weighted by molar-refractivity contribution is 0.579. The van der Waals surface area contributed by atoms with Gasteiger partial charge < -0.3 is 15.2 Å². The summed E-state index contributed by atoms with van der Waals surface area (Å²) >= 11 is 1.58. The van der Waals surface area contributed by atoms with E-state index < -0.39 is 11.6 Å². The Morgan fingerprint density at radius 3 is 2.94 bits per heavy atom. The van der Waals surface area contributed by atoms with Crippen LogP contribution in [-0.2, 0) is 6.54 Å². The number of nitrogens with zero attached hydrogens (tertiary/aromatic N) is 3. The molecule has 8 heteroatoms. The molecular formula is C27H21F2N5S. The first-order valence-corrected chi connectivity index (χ1v) is 12.2. The van der Waals surface area contributed by atoms with Crippen molar-refractivity contribution >= 4 is 44.0 Å². The molecule has 1 saturated heterocycles. The van der Waals surface area contributed by atoms with Gasteiger partial charge in [-0.2, -0.15) is 0 Å². The van der Waals surface area contributed by atoms with E-state index in [2.05, 4.69) is 32.4 Å². The van der Waals surface area contributed by atoms with Gasteiger partial charge in [0.05, 0.1) is 27.7 Å². The Balaban J connectivity index is 1.26. The van der Waals surface area contributed by atoms with Crippen LogP contribution in [0.4, 0.5) is 20.3 Å². The molecule has 1 aliphatic rings. The number of halogens is 2. The maximum Gasteiger partial charge on any atom is 0.151 e. The molecule has 3 aromatic heterocycles. The Hall–Kier alpha value is -3.80. The van der Waals surface area contributed by atoms with E-state index in [1.165, 1.54) is 12.5 Å². The van der Waals surface area contributed by atoms with Crippen LogP contribution in [0.1, 0.15) is 23.3 Å². The number of hydrogen-bond donors (Lipinski definition) is 2. The molecule has 0 saturated carbocycles. The van der Waals surface area contributed by atoms with Crippen LogP contribution in [0, 0.1) is 23.5 Å². The maximum atomic E-state index is 14.1. The Bertz CT molecular complexity index is 1600. The second-order valence-electron chi connectivity index (χ2n) is 8.54. The predicted molar refractivity (Wildman–Crippen MR) is 136 cm³/mol. The average molecular weight is 486 g/mol. The van der Waals surface area contributed by atoms with E-state index in [1.807, 2.05) is 41.1 Å². The molecule has 0 spiro atoms. The van der Waals surface area contributed by atoms with E-state index >= 15 is 0 Å². The summed E-state index contributed by atoms with van der Waals surface area (Å²) in [5.41, 5.74) is 2.98. The molecule has 35 heavy (non-hydrogen) atoms. The second kappa shape index (κ2) is 9.10. The molecule has 1 aliphatic heterocycles. The molecule has 2 aromatic carbocycles. The molecule has 2 N–H and O–H groups in total. The first-order chi connectivity index (χ1) is 17.1. The summed E-state index contributed by atoms with van der Waals surface area (Å²) in [6.07, 6.45) is 5.69. The number of anilines is 2. The summed E-state index contributed by atoms with van der Waals surface area (Å²) < 4.78 is 30.5. The molecule has 174 valence electrons. The van der Waals surface area contributed by atoms with Crippen molar-refractivity contribution in [1.82, 2.24) is 19.9 Å². The fraction of sp³-hybridized carbons (Fsp3) is 0.185. The van der Waals surface area contributed by atoms with Crippen molar-refractivity contribution in [2.75, 3.05) is 11.9 Å². The van der Waals surface area contributed by atoms with Gasteiger partial charge in [-0.3, -0.25) is 0 Å². The third-order valence-corrected chi connectivity index (χ3v) is 7.17. The minimum atomic E-state index is -0.446. The predicted octanol–water partition coefficient (Wildman–Crippen LogP) is 5.82. The molecule has 1 fully saturated rings. The molecule has 0 radical (unpaired) electrons. The van der Waals surface area contributed by atoms with Crippen LogP contribution >= 0.6 is 11.3 Å². The fourth-order valence-electron chi connectivity index (χ4n) is 4.37. The number of thiophene rings is 1. The summed E-state index contributed by atoms with van der Waals surface area (Å²) in [7, 11) is 0. The van der Waals surface area contributed by atoms with E-state index in [9.17, 15) is 8.78 Å². The van der Waals surface area contributed by atoms with Gasteiger partial charge in [-0.15, -0.1) is 11.3 Å². The molecular weight excluding hydrogens is 464 g/mol. The van der Waals surface area contributed by atoms with Crippen molar-refractivity contribution in [3.05, 3.63) is 83.1 Å². The zero-order valence-corrected chi connectivity index (χ0v) is 19.5. The average Bonchev–Trinajstić information content (AvgIpc) is 3.60. The van der Waals surface area contributed by atoms with E-state index in [1.54, 1.807) is 17.7 Å². The third-order valence-electron chi connectivity index (χ3n) is 6.12. The standard InChI is InChI=1S/C27H21F2N5S/c28-19-3-7-23(29)18(12-19)15-34-11-9-17-13-21(5-8-25(17)34)33-27-26-24(31-16-32-27)14-22(35-26)6-4-20-2-1-10-30-20/h3,5,7-9,11-14,16,20,30H,1-2,10,15H2,(H,31,32,33)/t20-/m0/s1. The van der Waals surface area contributed by atoms with Crippen molar-refractivity contribution in [2.24, 2.45) is 0 Å². The lowest BCUT2D eigenvalue weighted by Crippen LogP contribution is -2.18. The van der Waals surface area contributed by atoms with Gasteiger partial charge >= 0.3 is 0 Å². The van der Waals surface area contributed by atoms with Crippen LogP contribution in [0.5, 0.6) is 0 Å². The zero-order valence-electron chi connectivity index (χ0n) is 18.7. The smallest absolute Gasteiger partial charge is 0.151 e. The van der Waals surface area contributed by atoms with Gasteiger partial charge in [0.15, 0.2) is 5.82 Å². The summed E-state index contributed by atoms with van der Waals surface area (Å²) in [5.74, 6) is 6.45. The first kappa shape index (κ1) is 21.7. The highest BCUT2D eigenvalue weighted by Gasteiger charge is 2.12. The SMILES string of the molecule is Fc1ccc(F)c(Cn2ccc3cc(Nc4ncnc5cc(C#C[C@@H]6CCCN6)sc45)ccc32)c1. The topological polar surface area (TPSA) is 54.8 Å². The minimum absolute atomic E-state index is 0.252. The van der Waals surface area contributed by atoms with Crippen LogP contribution in [0.2, 0.25) is 0 Å². The summed E-state index contributed by atoms with van der Waals surface area (Å²) in [6.45, 7) is 1.28. The number of hydrogen-bond acceptors (Lipinski definition) is 5. The number of aromatic nitrogens is 3. The van der Waals surface area contributed by atoms with Crippen LogP contribution in [0.25, 0.3) is 21.1 Å². The molecule has 0 aliphatic carbocycles. The van der Waals surface area contributed by atoms with Gasteiger partial charge in [-0.1, -0.05) is 11.8 Å². The van der Waals surface area contributed by atoms with Crippen LogP contribution in [-0.4, -0.2) is 27.1 Å². The van der Waals surface area contributed by atoms with Crippen LogP contribution in [0.15, 0.2) is 61.1 Å². The van der Waals surface area contributed by atoms with Crippen molar-refractivity contribution < 1.29 is 8.78 Å². The lowest BCUT2D eigenvalue weighted by Gasteiger charge is -2.09. The van der Waals surface area contributed by atoms with E-state index in [4.69, 9.17) is 0 Å².